The highest BCUT2D eigenvalue weighted by Gasteiger charge is 2.30. The van der Waals surface area contributed by atoms with Gasteiger partial charge >= 0.3 is 0 Å². The predicted octanol–water partition coefficient (Wildman–Crippen LogP) is 3.76. The van der Waals surface area contributed by atoms with Crippen LogP contribution in [0.2, 0.25) is 5.02 Å². The zero-order chi connectivity index (χ0) is 17.4. The van der Waals surface area contributed by atoms with Gasteiger partial charge in [-0.2, -0.15) is 5.10 Å². The Morgan fingerprint density at radius 1 is 1.20 bits per heavy atom. The van der Waals surface area contributed by atoms with Crippen LogP contribution in [0.5, 0.6) is 5.75 Å². The van der Waals surface area contributed by atoms with Crippen molar-refractivity contribution in [2.45, 2.75) is 18.9 Å². The van der Waals surface area contributed by atoms with E-state index >= 15 is 0 Å². The number of halogens is 1. The molecule has 4 rings (SSSR count). The Kier molecular flexibility index (Phi) is 3.93. The number of nitrogens with zero attached hydrogens (tertiary/aromatic N) is 2. The number of carbonyl (C=O) groups is 1. The predicted molar refractivity (Wildman–Crippen MR) is 96.0 cm³/mol. The van der Waals surface area contributed by atoms with Gasteiger partial charge < -0.3 is 10.4 Å². The van der Waals surface area contributed by atoms with Crippen LogP contribution in [-0.4, -0.2) is 20.8 Å². The van der Waals surface area contributed by atoms with Gasteiger partial charge in [0, 0.05) is 22.9 Å². The highest BCUT2D eigenvalue weighted by Crippen LogP contribution is 2.37. The molecule has 0 radical (unpaired) electrons. The number of carbonyl (C=O) groups excluding carboxylic acids is 1. The van der Waals surface area contributed by atoms with E-state index in [4.69, 9.17) is 11.6 Å². The van der Waals surface area contributed by atoms with Crippen LogP contribution in [0.25, 0.3) is 0 Å². The Morgan fingerprint density at radius 3 is 2.72 bits per heavy atom. The van der Waals surface area contributed by atoms with Gasteiger partial charge in [-0.15, -0.1) is 0 Å². The molecule has 2 heterocycles. The van der Waals surface area contributed by atoms with Crippen LogP contribution in [0.4, 0.5) is 5.82 Å². The summed E-state index contributed by atoms with van der Waals surface area (Å²) < 4.78 is 1.76. The number of anilines is 1. The van der Waals surface area contributed by atoms with Gasteiger partial charge in [0.2, 0.25) is 5.91 Å². The summed E-state index contributed by atoms with van der Waals surface area (Å²) >= 11 is 6.24. The molecule has 1 atom stereocenters. The molecule has 25 heavy (non-hydrogen) atoms. The smallest absolute Gasteiger partial charge is 0.226 e. The van der Waals surface area contributed by atoms with Gasteiger partial charge in [0.15, 0.2) is 0 Å². The molecule has 0 aliphatic carbocycles. The van der Waals surface area contributed by atoms with Crippen LogP contribution in [0.3, 0.4) is 0 Å². The lowest BCUT2D eigenvalue weighted by molar-refractivity contribution is -0.116. The molecular formula is C19H16ClN3O2. The van der Waals surface area contributed by atoms with Crippen LogP contribution >= 0.6 is 11.6 Å². The summed E-state index contributed by atoms with van der Waals surface area (Å²) in [5, 5.41) is 17.5. The molecule has 5 nitrogen and oxygen atoms in total. The fourth-order valence-electron chi connectivity index (χ4n) is 3.18. The molecule has 0 spiro atoms. The minimum Gasteiger partial charge on any atom is -0.508 e. The van der Waals surface area contributed by atoms with Crippen LogP contribution in [0, 0.1) is 0 Å². The van der Waals surface area contributed by atoms with Gasteiger partial charge in [0.05, 0.1) is 12.7 Å². The van der Waals surface area contributed by atoms with E-state index in [0.29, 0.717) is 23.8 Å². The third-order valence-corrected chi connectivity index (χ3v) is 4.83. The van der Waals surface area contributed by atoms with E-state index in [9.17, 15) is 9.90 Å². The van der Waals surface area contributed by atoms with Crippen LogP contribution in [0.15, 0.2) is 54.7 Å². The molecule has 0 saturated heterocycles. The van der Waals surface area contributed by atoms with Crippen LogP contribution < -0.4 is 5.32 Å². The third-order valence-electron chi connectivity index (χ3n) is 4.46. The summed E-state index contributed by atoms with van der Waals surface area (Å²) in [6.07, 6.45) is 2.15. The summed E-state index contributed by atoms with van der Waals surface area (Å²) in [5.41, 5.74) is 2.89. The van der Waals surface area contributed by atoms with Crippen molar-refractivity contribution in [2.24, 2.45) is 0 Å². The molecule has 0 unspecified atom stereocenters. The molecule has 0 saturated carbocycles. The fraction of sp³-hybridized carbons (Fsp3) is 0.158. The number of aromatic nitrogens is 2. The molecule has 3 aromatic rings. The average molecular weight is 354 g/mol. The van der Waals surface area contributed by atoms with Gasteiger partial charge in [-0.25, -0.2) is 4.68 Å². The normalized spacial score (nSPS) is 16.4. The molecule has 126 valence electrons. The van der Waals surface area contributed by atoms with E-state index < -0.39 is 0 Å². The maximum Gasteiger partial charge on any atom is 0.226 e. The second-order valence-electron chi connectivity index (χ2n) is 6.09. The molecule has 1 aromatic heterocycles. The van der Waals surface area contributed by atoms with Crippen molar-refractivity contribution in [3.63, 3.8) is 0 Å². The number of amides is 1. The largest absolute Gasteiger partial charge is 0.508 e. The Morgan fingerprint density at radius 2 is 1.96 bits per heavy atom. The summed E-state index contributed by atoms with van der Waals surface area (Å²) in [4.78, 5) is 12.2. The molecule has 0 fully saturated rings. The van der Waals surface area contributed by atoms with Crippen molar-refractivity contribution < 1.29 is 9.90 Å². The van der Waals surface area contributed by atoms with Crippen molar-refractivity contribution >= 4 is 23.3 Å². The molecule has 1 aliphatic rings. The molecule has 2 aromatic carbocycles. The summed E-state index contributed by atoms with van der Waals surface area (Å²) in [7, 11) is 0. The zero-order valence-electron chi connectivity index (χ0n) is 13.3. The standard InChI is InChI=1S/C19H16ClN3O2/c20-17-4-2-1-3-13(17)11-23-19-16(10-21-23)15(9-18(25)22-19)12-5-7-14(24)8-6-12/h1-8,10,15,24H,9,11H2,(H,22,25)/t15-/m1/s1. The molecule has 2 N–H and O–H groups in total. The second-order valence-corrected chi connectivity index (χ2v) is 6.50. The van der Waals surface area contributed by atoms with E-state index in [2.05, 4.69) is 10.4 Å². The highest BCUT2D eigenvalue weighted by molar-refractivity contribution is 6.31. The minimum atomic E-state index is -0.0793. The second kappa shape index (κ2) is 6.26. The van der Waals surface area contributed by atoms with Gasteiger partial charge in [-0.1, -0.05) is 41.9 Å². The first-order valence-corrected chi connectivity index (χ1v) is 8.37. The van der Waals surface area contributed by atoms with Crippen molar-refractivity contribution in [3.05, 3.63) is 76.4 Å². The summed E-state index contributed by atoms with van der Waals surface area (Å²) in [6, 6.07) is 14.5. The Balaban J connectivity index is 1.71. The number of fused-ring (bicyclic) bond motifs is 1. The first-order valence-electron chi connectivity index (χ1n) is 7.99. The van der Waals surface area contributed by atoms with Gasteiger partial charge in [0.1, 0.15) is 11.6 Å². The number of hydrogen-bond acceptors (Lipinski definition) is 3. The zero-order valence-corrected chi connectivity index (χ0v) is 14.1. The number of aromatic hydroxyl groups is 1. The SMILES string of the molecule is O=C1C[C@H](c2ccc(O)cc2)c2cnn(Cc3ccccc3Cl)c2N1. The average Bonchev–Trinajstić information content (AvgIpc) is 3.00. The van der Waals surface area contributed by atoms with E-state index in [-0.39, 0.29) is 17.6 Å². The minimum absolute atomic E-state index is 0.0496. The molecule has 1 amide bonds. The maximum atomic E-state index is 12.2. The number of phenolic OH excluding ortho intramolecular Hbond substituents is 1. The molecule has 1 aliphatic heterocycles. The maximum absolute atomic E-state index is 12.2. The lowest BCUT2D eigenvalue weighted by Crippen LogP contribution is -2.25. The highest BCUT2D eigenvalue weighted by atomic mass is 35.5. The third kappa shape index (κ3) is 2.98. The van der Waals surface area contributed by atoms with E-state index in [1.165, 1.54) is 0 Å². The molecule has 0 bridgehead atoms. The topological polar surface area (TPSA) is 67.1 Å². The fourth-order valence-corrected chi connectivity index (χ4v) is 3.38. The van der Waals surface area contributed by atoms with E-state index in [1.807, 2.05) is 36.4 Å². The van der Waals surface area contributed by atoms with Crippen LogP contribution in [-0.2, 0) is 11.3 Å². The van der Waals surface area contributed by atoms with E-state index in [0.717, 1.165) is 16.7 Å². The molecular weight excluding hydrogens is 338 g/mol. The van der Waals surface area contributed by atoms with Crippen molar-refractivity contribution in [2.75, 3.05) is 5.32 Å². The lowest BCUT2D eigenvalue weighted by atomic mass is 9.87. The first-order chi connectivity index (χ1) is 12.1. The number of hydrogen-bond donors (Lipinski definition) is 2. The van der Waals surface area contributed by atoms with Crippen molar-refractivity contribution in [1.82, 2.24) is 9.78 Å². The number of nitrogens with one attached hydrogen (secondary N) is 1. The lowest BCUT2D eigenvalue weighted by Gasteiger charge is -2.24. The Bertz CT molecular complexity index is 934. The van der Waals surface area contributed by atoms with Crippen molar-refractivity contribution in [3.8, 4) is 5.75 Å². The van der Waals surface area contributed by atoms with E-state index in [1.54, 1.807) is 23.0 Å². The number of benzene rings is 2. The first kappa shape index (κ1) is 15.7. The van der Waals surface area contributed by atoms with Gasteiger partial charge in [0.25, 0.3) is 0 Å². The number of phenols is 1. The van der Waals surface area contributed by atoms with Gasteiger partial charge in [-0.3, -0.25) is 4.79 Å². The monoisotopic (exact) mass is 353 g/mol. The molecule has 6 heteroatoms. The quantitative estimate of drug-likeness (QED) is 0.753. The number of rotatable bonds is 3. The summed E-state index contributed by atoms with van der Waals surface area (Å²) in [6.45, 7) is 0.484. The Hall–Kier alpha value is -2.79. The van der Waals surface area contributed by atoms with Crippen molar-refractivity contribution in [1.29, 1.82) is 0 Å². The van der Waals surface area contributed by atoms with Gasteiger partial charge in [-0.05, 0) is 29.3 Å². The Labute approximate surface area is 149 Å². The van der Waals surface area contributed by atoms with Crippen LogP contribution in [0.1, 0.15) is 29.0 Å². The summed E-state index contributed by atoms with van der Waals surface area (Å²) in [5.74, 6) is 0.781.